The molecule has 9 nitrogen and oxygen atoms in total. The van der Waals surface area contributed by atoms with Crippen LogP contribution in [0, 0.1) is 5.92 Å². The van der Waals surface area contributed by atoms with Crippen molar-refractivity contribution in [2.24, 2.45) is 5.92 Å². The van der Waals surface area contributed by atoms with Crippen LogP contribution in [0.15, 0.2) is 36.4 Å². The molecule has 4 atom stereocenters. The monoisotopic (exact) mass is 494 g/mol. The molecule has 3 heterocycles. The van der Waals surface area contributed by atoms with Crippen molar-refractivity contribution in [3.8, 4) is 17.2 Å². The summed E-state index contributed by atoms with van der Waals surface area (Å²) in [5.74, 6) is 2.12. The Morgan fingerprint density at radius 1 is 1.03 bits per heavy atom. The van der Waals surface area contributed by atoms with E-state index in [1.54, 1.807) is 0 Å². The molecule has 1 saturated heterocycles. The molecule has 2 aromatic carbocycles. The van der Waals surface area contributed by atoms with E-state index in [9.17, 15) is 14.7 Å². The van der Waals surface area contributed by atoms with Crippen molar-refractivity contribution in [2.45, 2.75) is 62.9 Å². The largest absolute Gasteiger partial charge is 0.487 e. The third kappa shape index (κ3) is 4.49. The first-order valence-electron chi connectivity index (χ1n) is 12.6. The average molecular weight is 495 g/mol. The van der Waals surface area contributed by atoms with Gasteiger partial charge in [0.25, 0.3) is 0 Å². The summed E-state index contributed by atoms with van der Waals surface area (Å²) >= 11 is 0. The Morgan fingerprint density at radius 2 is 1.86 bits per heavy atom. The van der Waals surface area contributed by atoms with Gasteiger partial charge in [-0.15, -0.1) is 0 Å². The van der Waals surface area contributed by atoms with Crippen molar-refractivity contribution in [1.29, 1.82) is 0 Å². The lowest BCUT2D eigenvalue weighted by Gasteiger charge is -2.37. The number of carbonyl (C=O) groups excluding carboxylic acids is 2. The van der Waals surface area contributed by atoms with Gasteiger partial charge >= 0.3 is 0 Å². The highest BCUT2D eigenvalue weighted by Gasteiger charge is 2.46. The van der Waals surface area contributed by atoms with Crippen LogP contribution in [-0.4, -0.2) is 48.6 Å². The van der Waals surface area contributed by atoms with Gasteiger partial charge in [-0.1, -0.05) is 12.5 Å². The molecule has 6 rings (SSSR count). The lowest BCUT2D eigenvalue weighted by atomic mass is 9.83. The number of aliphatic hydroxyl groups excluding tert-OH is 1. The number of rotatable bonds is 7. The second kappa shape index (κ2) is 9.63. The highest BCUT2D eigenvalue weighted by molar-refractivity contribution is 5.93. The first kappa shape index (κ1) is 23.1. The van der Waals surface area contributed by atoms with Crippen LogP contribution in [-0.2, 0) is 20.9 Å². The van der Waals surface area contributed by atoms with Crippen molar-refractivity contribution >= 4 is 17.5 Å². The fourth-order valence-electron chi connectivity index (χ4n) is 5.41. The molecule has 0 bridgehead atoms. The quantitative estimate of drug-likeness (QED) is 0.542. The molecule has 36 heavy (non-hydrogen) atoms. The zero-order valence-electron chi connectivity index (χ0n) is 19.9. The summed E-state index contributed by atoms with van der Waals surface area (Å²) in [6, 6.07) is 11.3. The molecule has 0 radical (unpaired) electrons. The summed E-state index contributed by atoms with van der Waals surface area (Å²) in [7, 11) is 0. The topological polar surface area (TPSA) is 115 Å². The summed E-state index contributed by atoms with van der Waals surface area (Å²) in [5.41, 5.74) is 2.65. The van der Waals surface area contributed by atoms with Crippen LogP contribution in [0.1, 0.15) is 49.1 Å². The summed E-state index contributed by atoms with van der Waals surface area (Å²) in [5, 5.41) is 16.0. The van der Waals surface area contributed by atoms with E-state index in [2.05, 4.69) is 10.6 Å². The number of ether oxygens (including phenoxy) is 4. The zero-order valence-corrected chi connectivity index (χ0v) is 19.9. The maximum absolute atomic E-state index is 12.7. The normalized spacial score (nSPS) is 25.8. The van der Waals surface area contributed by atoms with E-state index < -0.39 is 6.10 Å². The molecule has 2 amide bonds. The van der Waals surface area contributed by atoms with Gasteiger partial charge in [-0.2, -0.15) is 0 Å². The highest BCUT2D eigenvalue weighted by Crippen LogP contribution is 2.47. The molecule has 3 aliphatic heterocycles. The maximum Gasteiger partial charge on any atom is 0.231 e. The number of nitrogens with one attached hydrogen (secondary N) is 2. The van der Waals surface area contributed by atoms with Crippen LogP contribution in [0.2, 0.25) is 0 Å². The van der Waals surface area contributed by atoms with Crippen LogP contribution in [0.3, 0.4) is 0 Å². The van der Waals surface area contributed by atoms with Crippen molar-refractivity contribution in [3.05, 3.63) is 47.5 Å². The molecular weight excluding hydrogens is 464 g/mol. The number of anilines is 1. The van der Waals surface area contributed by atoms with E-state index in [-0.39, 0.29) is 55.7 Å². The number of benzene rings is 2. The molecule has 3 N–H and O–H groups in total. The van der Waals surface area contributed by atoms with Gasteiger partial charge < -0.3 is 34.7 Å². The SMILES string of the molecule is O=C(C[C@H]1C[C@@H]2c3cc(NC(=O)C4CCC4)ccc3O[C@@H]2[C@H](CO)O1)NCc1ccc2c(c1)OCO2. The second-order valence-electron chi connectivity index (χ2n) is 9.94. The second-order valence-corrected chi connectivity index (χ2v) is 9.94. The van der Waals surface area contributed by atoms with E-state index in [1.165, 1.54) is 0 Å². The summed E-state index contributed by atoms with van der Waals surface area (Å²) < 4.78 is 22.9. The summed E-state index contributed by atoms with van der Waals surface area (Å²) in [4.78, 5) is 25.2. The molecule has 190 valence electrons. The van der Waals surface area contributed by atoms with Gasteiger partial charge in [0, 0.05) is 29.6 Å². The van der Waals surface area contributed by atoms with E-state index in [1.807, 2.05) is 36.4 Å². The van der Waals surface area contributed by atoms with E-state index in [0.717, 1.165) is 41.8 Å². The first-order valence-corrected chi connectivity index (χ1v) is 12.6. The predicted octanol–water partition coefficient (Wildman–Crippen LogP) is 2.85. The summed E-state index contributed by atoms with van der Waals surface area (Å²) in [6.07, 6.45) is 2.54. The Labute approximate surface area is 209 Å². The third-order valence-corrected chi connectivity index (χ3v) is 7.58. The van der Waals surface area contributed by atoms with Gasteiger partial charge in [0.05, 0.1) is 19.1 Å². The molecule has 0 unspecified atom stereocenters. The van der Waals surface area contributed by atoms with Gasteiger partial charge in [0.1, 0.15) is 18.0 Å². The molecule has 0 aromatic heterocycles. The summed E-state index contributed by atoms with van der Waals surface area (Å²) in [6.45, 7) is 0.378. The Morgan fingerprint density at radius 3 is 2.67 bits per heavy atom. The van der Waals surface area contributed by atoms with Crippen molar-refractivity contribution in [2.75, 3.05) is 18.7 Å². The zero-order chi connectivity index (χ0) is 24.6. The van der Waals surface area contributed by atoms with Gasteiger partial charge in [0.15, 0.2) is 11.5 Å². The van der Waals surface area contributed by atoms with Gasteiger partial charge in [-0.25, -0.2) is 0 Å². The minimum atomic E-state index is -0.532. The van der Waals surface area contributed by atoms with Crippen LogP contribution >= 0.6 is 0 Å². The van der Waals surface area contributed by atoms with Gasteiger partial charge in [-0.3, -0.25) is 9.59 Å². The van der Waals surface area contributed by atoms with Crippen LogP contribution < -0.4 is 24.8 Å². The Bertz CT molecular complexity index is 1160. The Hall–Kier alpha value is -3.30. The fourth-order valence-corrected chi connectivity index (χ4v) is 5.41. The van der Waals surface area contributed by atoms with Crippen molar-refractivity contribution in [1.82, 2.24) is 5.32 Å². The highest BCUT2D eigenvalue weighted by atomic mass is 16.7. The Balaban J connectivity index is 1.10. The molecule has 2 fully saturated rings. The van der Waals surface area contributed by atoms with Gasteiger partial charge in [0.2, 0.25) is 18.6 Å². The molecule has 4 aliphatic rings. The molecule has 1 aliphatic carbocycles. The number of carbonyl (C=O) groups is 2. The first-order chi connectivity index (χ1) is 17.6. The minimum Gasteiger partial charge on any atom is -0.487 e. The maximum atomic E-state index is 12.7. The smallest absolute Gasteiger partial charge is 0.231 e. The van der Waals surface area contributed by atoms with Crippen LogP contribution in [0.4, 0.5) is 5.69 Å². The lowest BCUT2D eigenvalue weighted by molar-refractivity contribution is -0.142. The number of hydrogen-bond acceptors (Lipinski definition) is 7. The standard InChI is InChI=1S/C27H30N2O7/c30-13-24-26-20(19-9-17(5-7-21(19)36-26)29-27(32)16-2-1-3-16)10-18(35-24)11-25(31)28-12-15-4-6-22-23(8-15)34-14-33-22/h4-9,16,18,20,24,26,30H,1-3,10-14H2,(H,28,31)(H,29,32)/t18-,20-,24+,26+/m1/s1. The number of amides is 2. The van der Waals surface area contributed by atoms with Crippen LogP contribution in [0.5, 0.6) is 17.2 Å². The van der Waals surface area contributed by atoms with E-state index in [0.29, 0.717) is 24.5 Å². The predicted molar refractivity (Wildman–Crippen MR) is 129 cm³/mol. The molecule has 9 heteroatoms. The number of hydrogen-bond donors (Lipinski definition) is 3. The third-order valence-electron chi connectivity index (χ3n) is 7.58. The molecule has 2 aromatic rings. The molecule has 1 saturated carbocycles. The van der Waals surface area contributed by atoms with E-state index in [4.69, 9.17) is 18.9 Å². The fraction of sp³-hybridized carbons (Fsp3) is 0.481. The number of fused-ring (bicyclic) bond motifs is 4. The van der Waals surface area contributed by atoms with Crippen molar-refractivity contribution < 1.29 is 33.6 Å². The van der Waals surface area contributed by atoms with Crippen molar-refractivity contribution in [3.63, 3.8) is 0 Å². The lowest BCUT2D eigenvalue weighted by Crippen LogP contribution is -2.47. The van der Waals surface area contributed by atoms with Crippen LogP contribution in [0.25, 0.3) is 0 Å². The molecular formula is C27H30N2O7. The average Bonchev–Trinajstić information content (AvgIpc) is 3.45. The minimum absolute atomic E-state index is 0.0295. The molecule has 0 spiro atoms. The number of aliphatic hydroxyl groups is 1. The van der Waals surface area contributed by atoms with Gasteiger partial charge in [-0.05, 0) is 55.2 Å². The Kier molecular flexibility index (Phi) is 6.18. The van der Waals surface area contributed by atoms with E-state index >= 15 is 0 Å².